The van der Waals surface area contributed by atoms with Gasteiger partial charge in [0.1, 0.15) is 0 Å². The van der Waals surface area contributed by atoms with Gasteiger partial charge in [0.2, 0.25) is 0 Å². The number of ether oxygens (including phenoxy) is 1. The average molecular weight is 304 g/mol. The predicted octanol–water partition coefficient (Wildman–Crippen LogP) is 3.96. The molecule has 0 aliphatic heterocycles. The van der Waals surface area contributed by atoms with E-state index < -0.39 is 10.9 Å². The molecule has 1 N–H and O–H groups in total. The van der Waals surface area contributed by atoms with Crippen LogP contribution in [0.15, 0.2) is 48.8 Å². The first-order valence-electron chi connectivity index (χ1n) is 7.14. The Hall–Kier alpha value is -2.63. The lowest BCUT2D eigenvalue weighted by atomic mass is 10.2. The fourth-order valence-electron chi connectivity index (χ4n) is 1.60. The van der Waals surface area contributed by atoms with E-state index in [0.29, 0.717) is 12.2 Å². The van der Waals surface area contributed by atoms with Crippen LogP contribution >= 0.6 is 0 Å². The zero-order valence-electron chi connectivity index (χ0n) is 12.5. The molecule has 0 unspecified atom stereocenters. The Balaban J connectivity index is 0.000000406. The number of carbonyl (C=O) groups is 1. The van der Waals surface area contributed by atoms with Gasteiger partial charge in [-0.2, -0.15) is 0 Å². The van der Waals surface area contributed by atoms with E-state index in [1.165, 1.54) is 24.3 Å². The SMILES string of the molecule is CCCCCOC(=O)c1ccc([N+](=O)[O-])cc1.c1cc[nH]c1. The number of nitrogens with zero attached hydrogens (tertiary/aromatic N) is 1. The van der Waals surface area contributed by atoms with Crippen LogP contribution in [0.5, 0.6) is 0 Å². The number of rotatable bonds is 6. The monoisotopic (exact) mass is 304 g/mol. The fourth-order valence-corrected chi connectivity index (χ4v) is 1.60. The Morgan fingerprint density at radius 1 is 1.18 bits per heavy atom. The van der Waals surface area contributed by atoms with Crippen molar-refractivity contribution in [2.45, 2.75) is 26.2 Å². The third kappa shape index (κ3) is 6.69. The van der Waals surface area contributed by atoms with Crippen molar-refractivity contribution >= 4 is 11.7 Å². The average Bonchev–Trinajstić information content (AvgIpc) is 3.11. The Kier molecular flexibility index (Phi) is 8.04. The number of unbranched alkanes of at least 4 members (excludes halogenated alkanes) is 2. The van der Waals surface area contributed by atoms with E-state index in [1.807, 2.05) is 24.5 Å². The van der Waals surface area contributed by atoms with Crippen LogP contribution in [0.1, 0.15) is 36.5 Å². The van der Waals surface area contributed by atoms with E-state index in [4.69, 9.17) is 4.74 Å². The Morgan fingerprint density at radius 2 is 1.82 bits per heavy atom. The minimum absolute atomic E-state index is 0.0347. The van der Waals surface area contributed by atoms with Gasteiger partial charge in [-0.05, 0) is 30.7 Å². The van der Waals surface area contributed by atoms with Crippen molar-refractivity contribution in [1.29, 1.82) is 0 Å². The Labute approximate surface area is 129 Å². The minimum atomic E-state index is -0.504. The third-order valence-electron chi connectivity index (χ3n) is 2.79. The number of nitrogens with one attached hydrogen (secondary N) is 1. The molecule has 0 aliphatic carbocycles. The molecule has 0 spiro atoms. The van der Waals surface area contributed by atoms with Crippen molar-refractivity contribution in [2.75, 3.05) is 6.61 Å². The lowest BCUT2D eigenvalue weighted by Gasteiger charge is -2.03. The van der Waals surface area contributed by atoms with Gasteiger partial charge in [-0.25, -0.2) is 4.79 Å². The van der Waals surface area contributed by atoms with E-state index in [-0.39, 0.29) is 5.69 Å². The van der Waals surface area contributed by atoms with Gasteiger partial charge in [-0.15, -0.1) is 0 Å². The molecule has 0 amide bonds. The van der Waals surface area contributed by atoms with Crippen molar-refractivity contribution in [2.24, 2.45) is 0 Å². The van der Waals surface area contributed by atoms with E-state index in [0.717, 1.165) is 19.3 Å². The Morgan fingerprint density at radius 3 is 2.27 bits per heavy atom. The van der Waals surface area contributed by atoms with Crippen LogP contribution in [0.4, 0.5) is 5.69 Å². The van der Waals surface area contributed by atoms with Gasteiger partial charge < -0.3 is 9.72 Å². The predicted molar refractivity (Wildman–Crippen MR) is 83.7 cm³/mol. The highest BCUT2D eigenvalue weighted by molar-refractivity contribution is 5.89. The molecule has 118 valence electrons. The molecule has 22 heavy (non-hydrogen) atoms. The van der Waals surface area contributed by atoms with Crippen LogP contribution in [0.25, 0.3) is 0 Å². The standard InChI is InChI=1S/C12H15NO4.C4H5N/c1-2-3-4-9-17-12(14)10-5-7-11(8-6-10)13(15)16;1-2-4-5-3-1/h5-8H,2-4,9H2,1H3;1-5H. The number of hydrogen-bond donors (Lipinski definition) is 1. The van der Waals surface area contributed by atoms with Crippen molar-refractivity contribution in [3.8, 4) is 0 Å². The summed E-state index contributed by atoms with van der Waals surface area (Å²) in [4.78, 5) is 24.3. The summed E-state index contributed by atoms with van der Waals surface area (Å²) in [6.45, 7) is 2.46. The van der Waals surface area contributed by atoms with Crippen LogP contribution in [0.2, 0.25) is 0 Å². The molecule has 6 nitrogen and oxygen atoms in total. The summed E-state index contributed by atoms with van der Waals surface area (Å²) >= 11 is 0. The summed E-state index contributed by atoms with van der Waals surface area (Å²) in [5, 5.41) is 10.4. The quantitative estimate of drug-likeness (QED) is 0.379. The lowest BCUT2D eigenvalue weighted by molar-refractivity contribution is -0.384. The molecular formula is C16H20N2O4. The number of carbonyl (C=O) groups excluding carboxylic acids is 1. The smallest absolute Gasteiger partial charge is 0.338 e. The van der Waals surface area contributed by atoms with Crippen LogP contribution in [0, 0.1) is 10.1 Å². The zero-order chi connectivity index (χ0) is 16.2. The summed E-state index contributed by atoms with van der Waals surface area (Å²) in [6.07, 6.45) is 6.68. The van der Waals surface area contributed by atoms with E-state index in [9.17, 15) is 14.9 Å². The molecule has 0 radical (unpaired) electrons. The molecule has 0 saturated heterocycles. The van der Waals surface area contributed by atoms with Crippen molar-refractivity contribution < 1.29 is 14.5 Å². The number of aromatic amines is 1. The minimum Gasteiger partial charge on any atom is -0.462 e. The maximum Gasteiger partial charge on any atom is 0.338 e. The van der Waals surface area contributed by atoms with Crippen LogP contribution in [-0.2, 0) is 4.74 Å². The van der Waals surface area contributed by atoms with Crippen LogP contribution < -0.4 is 0 Å². The molecule has 0 saturated carbocycles. The second kappa shape index (κ2) is 10.1. The zero-order valence-corrected chi connectivity index (χ0v) is 12.5. The number of aromatic nitrogens is 1. The van der Waals surface area contributed by atoms with Gasteiger partial charge in [-0.1, -0.05) is 19.8 Å². The van der Waals surface area contributed by atoms with Crippen LogP contribution in [0.3, 0.4) is 0 Å². The molecule has 0 aliphatic rings. The van der Waals surface area contributed by atoms with Crippen molar-refractivity contribution in [1.82, 2.24) is 4.98 Å². The molecular weight excluding hydrogens is 284 g/mol. The number of H-pyrrole nitrogens is 1. The van der Waals surface area contributed by atoms with Gasteiger partial charge >= 0.3 is 5.97 Å². The highest BCUT2D eigenvalue weighted by Gasteiger charge is 2.09. The summed E-state index contributed by atoms with van der Waals surface area (Å²) in [6, 6.07) is 9.28. The highest BCUT2D eigenvalue weighted by atomic mass is 16.6. The molecule has 1 heterocycles. The van der Waals surface area contributed by atoms with Gasteiger partial charge in [0.15, 0.2) is 0 Å². The first-order chi connectivity index (χ1) is 10.6. The number of hydrogen-bond acceptors (Lipinski definition) is 4. The van der Waals surface area contributed by atoms with E-state index >= 15 is 0 Å². The van der Waals surface area contributed by atoms with E-state index in [1.54, 1.807) is 0 Å². The largest absolute Gasteiger partial charge is 0.462 e. The van der Waals surface area contributed by atoms with Crippen molar-refractivity contribution in [3.63, 3.8) is 0 Å². The number of non-ortho nitro benzene ring substituents is 1. The first kappa shape index (κ1) is 17.4. The second-order valence-corrected chi connectivity index (χ2v) is 4.53. The summed E-state index contributed by atoms with van der Waals surface area (Å²) in [7, 11) is 0. The summed E-state index contributed by atoms with van der Waals surface area (Å²) in [5.41, 5.74) is 0.305. The number of benzene rings is 1. The molecule has 2 rings (SSSR count). The molecule has 0 fully saturated rings. The number of esters is 1. The molecule has 6 heteroatoms. The van der Waals surface area contributed by atoms with E-state index in [2.05, 4.69) is 11.9 Å². The molecule has 1 aromatic heterocycles. The van der Waals surface area contributed by atoms with Gasteiger partial charge in [0, 0.05) is 24.5 Å². The molecule has 1 aromatic carbocycles. The maximum absolute atomic E-state index is 11.5. The van der Waals surface area contributed by atoms with Gasteiger partial charge in [0.05, 0.1) is 17.1 Å². The number of nitro groups is 1. The second-order valence-electron chi connectivity index (χ2n) is 4.53. The lowest BCUT2D eigenvalue weighted by Crippen LogP contribution is -2.06. The fraction of sp³-hybridized carbons (Fsp3) is 0.312. The van der Waals surface area contributed by atoms with Crippen molar-refractivity contribution in [3.05, 3.63) is 64.5 Å². The van der Waals surface area contributed by atoms with Gasteiger partial charge in [0.25, 0.3) is 5.69 Å². The molecule has 0 atom stereocenters. The van der Waals surface area contributed by atoms with Crippen LogP contribution in [-0.4, -0.2) is 22.5 Å². The Bertz CT molecular complexity index is 533. The van der Waals surface area contributed by atoms with Gasteiger partial charge in [-0.3, -0.25) is 10.1 Å². The number of nitro benzene ring substituents is 1. The third-order valence-corrected chi connectivity index (χ3v) is 2.79. The highest BCUT2D eigenvalue weighted by Crippen LogP contribution is 2.12. The molecule has 0 bridgehead atoms. The summed E-state index contributed by atoms with van der Waals surface area (Å²) in [5.74, 6) is -0.434. The molecule has 2 aromatic rings. The summed E-state index contributed by atoms with van der Waals surface area (Å²) < 4.78 is 5.02. The topological polar surface area (TPSA) is 85.2 Å². The maximum atomic E-state index is 11.5. The normalized spacial score (nSPS) is 9.50. The first-order valence-corrected chi connectivity index (χ1v) is 7.14.